The van der Waals surface area contributed by atoms with Gasteiger partial charge in [0.25, 0.3) is 11.8 Å². The van der Waals surface area contributed by atoms with Gasteiger partial charge in [-0.05, 0) is 36.6 Å². The van der Waals surface area contributed by atoms with Crippen molar-refractivity contribution in [3.63, 3.8) is 0 Å². The van der Waals surface area contributed by atoms with Gasteiger partial charge in [0.1, 0.15) is 5.82 Å². The van der Waals surface area contributed by atoms with Gasteiger partial charge in [0.15, 0.2) is 13.1 Å². The Morgan fingerprint density at radius 1 is 1.08 bits per heavy atom. The summed E-state index contributed by atoms with van der Waals surface area (Å²) in [5, 5.41) is 5.58. The van der Waals surface area contributed by atoms with E-state index in [1.165, 1.54) is 23.9 Å². The van der Waals surface area contributed by atoms with E-state index in [-0.39, 0.29) is 35.6 Å². The van der Waals surface area contributed by atoms with Crippen molar-refractivity contribution in [3.8, 4) is 0 Å². The normalized spacial score (nSPS) is 11.7. The molecule has 2 aromatic rings. The molecule has 0 saturated heterocycles. The molecule has 1 unspecified atom stereocenters. The van der Waals surface area contributed by atoms with Crippen molar-refractivity contribution in [2.24, 2.45) is 0 Å². The Kier molecular flexibility index (Phi) is 7.44. The molecule has 5 nitrogen and oxygen atoms in total. The first-order chi connectivity index (χ1) is 12.4. The summed E-state index contributed by atoms with van der Waals surface area (Å²) in [5.41, 5.74) is 0.802. The molecule has 1 atom stereocenters. The molecule has 0 radical (unpaired) electrons. The first-order valence-corrected chi connectivity index (χ1v) is 9.48. The molecule has 3 N–H and O–H groups in total. The summed E-state index contributed by atoms with van der Waals surface area (Å²) in [6.07, 6.45) is 1.93. The minimum absolute atomic E-state index is 0.0274. The second-order valence-electron chi connectivity index (χ2n) is 5.73. The fourth-order valence-corrected chi connectivity index (χ4v) is 3.05. The van der Waals surface area contributed by atoms with E-state index >= 15 is 0 Å². The molecule has 26 heavy (non-hydrogen) atoms. The summed E-state index contributed by atoms with van der Waals surface area (Å²) in [6, 6.07) is 11.5. The van der Waals surface area contributed by atoms with E-state index in [0.29, 0.717) is 4.90 Å². The third-order valence-corrected chi connectivity index (χ3v) is 4.54. The van der Waals surface area contributed by atoms with Gasteiger partial charge in [-0.1, -0.05) is 23.7 Å². The number of rotatable bonds is 7. The standard InChI is InChI=1S/C18H19ClFN3O2S/c1-23(10-17(24)21-14-8-7-12(19)9-13(14)20)11-18(25)22-15-5-3-4-6-16(15)26-2/h3-9H,10-11H2,1-2H3,(H,21,24)(H,22,25)/p+1. The highest BCUT2D eigenvalue weighted by Gasteiger charge is 2.16. The Morgan fingerprint density at radius 2 is 1.69 bits per heavy atom. The summed E-state index contributed by atoms with van der Waals surface area (Å²) in [6.45, 7) is 0.138. The highest BCUT2D eigenvalue weighted by Crippen LogP contribution is 2.24. The zero-order valence-corrected chi connectivity index (χ0v) is 16.0. The number of hydrogen-bond donors (Lipinski definition) is 3. The predicted molar refractivity (Wildman–Crippen MR) is 104 cm³/mol. The van der Waals surface area contributed by atoms with Crippen LogP contribution in [0, 0.1) is 5.82 Å². The Labute approximate surface area is 160 Å². The zero-order valence-electron chi connectivity index (χ0n) is 14.4. The fourth-order valence-electron chi connectivity index (χ4n) is 2.34. The van der Waals surface area contributed by atoms with Crippen LogP contribution in [0.25, 0.3) is 0 Å². The van der Waals surface area contributed by atoms with E-state index < -0.39 is 5.82 Å². The van der Waals surface area contributed by atoms with Crippen molar-refractivity contribution < 1.29 is 18.9 Å². The number of carbonyl (C=O) groups is 2. The average molecular weight is 397 g/mol. The van der Waals surface area contributed by atoms with Crippen LogP contribution in [0.5, 0.6) is 0 Å². The summed E-state index contributed by atoms with van der Waals surface area (Å²) >= 11 is 7.22. The number of quaternary nitrogens is 1. The van der Waals surface area contributed by atoms with E-state index in [2.05, 4.69) is 10.6 Å². The van der Waals surface area contributed by atoms with Gasteiger partial charge in [-0.25, -0.2) is 4.39 Å². The van der Waals surface area contributed by atoms with Crippen molar-refractivity contribution >= 4 is 46.6 Å². The summed E-state index contributed by atoms with van der Waals surface area (Å²) in [5.74, 6) is -1.19. The van der Waals surface area contributed by atoms with Crippen LogP contribution in [0.2, 0.25) is 5.02 Å². The predicted octanol–water partition coefficient (Wildman–Crippen LogP) is 2.29. The highest BCUT2D eigenvalue weighted by atomic mass is 35.5. The number of thioether (sulfide) groups is 1. The summed E-state index contributed by atoms with van der Waals surface area (Å²) in [7, 11) is 1.72. The topological polar surface area (TPSA) is 62.6 Å². The van der Waals surface area contributed by atoms with Crippen LogP contribution in [0.3, 0.4) is 0 Å². The molecule has 8 heteroatoms. The van der Waals surface area contributed by atoms with E-state index in [9.17, 15) is 14.0 Å². The summed E-state index contributed by atoms with van der Waals surface area (Å²) < 4.78 is 13.7. The lowest BCUT2D eigenvalue weighted by Gasteiger charge is -2.15. The maximum absolute atomic E-state index is 13.7. The van der Waals surface area contributed by atoms with Gasteiger partial charge in [-0.2, -0.15) is 0 Å². The molecular weight excluding hydrogens is 377 g/mol. The smallest absolute Gasteiger partial charge is 0.279 e. The van der Waals surface area contributed by atoms with Gasteiger partial charge < -0.3 is 15.5 Å². The van der Waals surface area contributed by atoms with Crippen LogP contribution in [-0.2, 0) is 9.59 Å². The molecule has 0 fully saturated rings. The Bertz CT molecular complexity index is 804. The van der Waals surface area contributed by atoms with Gasteiger partial charge in [-0.3, -0.25) is 9.59 Å². The van der Waals surface area contributed by atoms with Gasteiger partial charge in [0, 0.05) is 9.92 Å². The molecular formula is C18H20ClFN3O2S+. The first kappa shape index (κ1) is 20.2. The molecule has 2 amide bonds. The van der Waals surface area contributed by atoms with E-state index in [1.807, 2.05) is 30.5 Å². The lowest BCUT2D eigenvalue weighted by atomic mass is 10.3. The number of amides is 2. The van der Waals surface area contributed by atoms with E-state index in [1.54, 1.807) is 7.05 Å². The summed E-state index contributed by atoms with van der Waals surface area (Å²) in [4.78, 5) is 25.9. The molecule has 2 rings (SSSR count). The van der Waals surface area contributed by atoms with Crippen molar-refractivity contribution in [1.82, 2.24) is 0 Å². The minimum Gasteiger partial charge on any atom is -0.322 e. The SMILES string of the molecule is CSc1ccccc1NC(=O)C[NH+](C)CC(=O)Nc1ccc(Cl)cc1F. The quantitative estimate of drug-likeness (QED) is 0.629. The van der Waals surface area contributed by atoms with Gasteiger partial charge in [0.2, 0.25) is 0 Å². The molecule has 0 aliphatic heterocycles. The van der Waals surface area contributed by atoms with Crippen LogP contribution in [0.15, 0.2) is 47.4 Å². The number of benzene rings is 2. The molecule has 0 saturated carbocycles. The molecule has 0 bridgehead atoms. The van der Waals surface area contributed by atoms with E-state index in [0.717, 1.165) is 16.6 Å². The minimum atomic E-state index is -0.602. The van der Waals surface area contributed by atoms with Gasteiger partial charge in [-0.15, -0.1) is 11.8 Å². The average Bonchev–Trinajstić information content (AvgIpc) is 2.57. The van der Waals surface area contributed by atoms with Crippen molar-refractivity contribution in [3.05, 3.63) is 53.3 Å². The third-order valence-electron chi connectivity index (χ3n) is 3.51. The second-order valence-corrected chi connectivity index (χ2v) is 7.02. The lowest BCUT2D eigenvalue weighted by Crippen LogP contribution is -3.11. The Morgan fingerprint density at radius 3 is 2.31 bits per heavy atom. The van der Waals surface area contributed by atoms with Crippen LogP contribution >= 0.6 is 23.4 Å². The Balaban J connectivity index is 1.86. The van der Waals surface area contributed by atoms with Crippen LogP contribution < -0.4 is 15.5 Å². The monoisotopic (exact) mass is 396 g/mol. The van der Waals surface area contributed by atoms with Gasteiger partial charge >= 0.3 is 0 Å². The molecule has 138 valence electrons. The van der Waals surface area contributed by atoms with Crippen LogP contribution in [-0.4, -0.2) is 38.2 Å². The number of para-hydroxylation sites is 1. The fraction of sp³-hybridized carbons (Fsp3) is 0.222. The zero-order chi connectivity index (χ0) is 19.1. The molecule has 0 heterocycles. The van der Waals surface area contributed by atoms with Crippen LogP contribution in [0.4, 0.5) is 15.8 Å². The van der Waals surface area contributed by atoms with Crippen molar-refractivity contribution in [1.29, 1.82) is 0 Å². The molecule has 2 aromatic carbocycles. The number of hydrogen-bond acceptors (Lipinski definition) is 3. The van der Waals surface area contributed by atoms with E-state index in [4.69, 9.17) is 11.6 Å². The third kappa shape index (κ3) is 6.01. The maximum atomic E-state index is 13.7. The highest BCUT2D eigenvalue weighted by molar-refractivity contribution is 7.98. The molecule has 0 spiro atoms. The molecule has 0 aliphatic carbocycles. The largest absolute Gasteiger partial charge is 0.322 e. The number of carbonyl (C=O) groups excluding carboxylic acids is 2. The number of nitrogens with one attached hydrogen (secondary N) is 3. The van der Waals surface area contributed by atoms with Gasteiger partial charge in [0.05, 0.1) is 18.4 Å². The first-order valence-electron chi connectivity index (χ1n) is 7.88. The number of likely N-dealkylation sites (N-methyl/N-ethyl adjacent to an activating group) is 1. The molecule has 0 aromatic heterocycles. The van der Waals surface area contributed by atoms with Crippen molar-refractivity contribution in [2.75, 3.05) is 37.0 Å². The maximum Gasteiger partial charge on any atom is 0.279 e. The second kappa shape index (κ2) is 9.56. The Hall–Kier alpha value is -2.09. The van der Waals surface area contributed by atoms with Crippen LogP contribution in [0.1, 0.15) is 0 Å². The van der Waals surface area contributed by atoms with Crippen molar-refractivity contribution in [2.45, 2.75) is 4.90 Å². The number of halogens is 2. The molecule has 0 aliphatic rings. The lowest BCUT2D eigenvalue weighted by molar-refractivity contribution is -0.862. The number of anilines is 2.